The van der Waals surface area contributed by atoms with E-state index in [4.69, 9.17) is 46.4 Å². The molecule has 0 spiro atoms. The molecule has 1 aromatic rings. The lowest BCUT2D eigenvalue weighted by atomic mass is 9.94. The third-order valence-corrected chi connectivity index (χ3v) is 6.28. The highest BCUT2D eigenvalue weighted by Crippen LogP contribution is 2.38. The first-order valence-corrected chi connectivity index (χ1v) is 10.6. The van der Waals surface area contributed by atoms with Crippen LogP contribution in [0.4, 0.5) is 23.7 Å². The average molecular weight is 505 g/mol. The number of urea groups is 1. The molecular weight excluding hydrogens is 489 g/mol. The van der Waals surface area contributed by atoms with Gasteiger partial charge >= 0.3 is 12.2 Å². The van der Waals surface area contributed by atoms with Crippen LogP contribution in [-0.4, -0.2) is 38.0 Å². The lowest BCUT2D eigenvalue weighted by molar-refractivity contribution is -0.137. The minimum Gasteiger partial charge on any atom is -0.265 e. The smallest absolute Gasteiger partial charge is 0.265 e. The Morgan fingerprint density at radius 1 is 1.07 bits per heavy atom. The molecule has 0 radical (unpaired) electrons. The lowest BCUT2D eigenvalue weighted by Crippen LogP contribution is -2.42. The second kappa shape index (κ2) is 8.73. The molecule has 1 aromatic carbocycles. The van der Waals surface area contributed by atoms with Gasteiger partial charge in [-0.1, -0.05) is 71.7 Å². The van der Waals surface area contributed by atoms with Crippen LogP contribution in [0.1, 0.15) is 37.7 Å². The van der Waals surface area contributed by atoms with Gasteiger partial charge in [0.2, 0.25) is 9.63 Å². The van der Waals surface area contributed by atoms with Gasteiger partial charge in [-0.15, -0.1) is 0 Å². The monoisotopic (exact) mass is 503 g/mol. The predicted octanol–water partition coefficient (Wildman–Crippen LogP) is 6.14. The number of imide groups is 1. The number of hydrogen-bond acceptors (Lipinski definition) is 3. The van der Waals surface area contributed by atoms with Crippen molar-refractivity contribution in [3.8, 4) is 0 Å². The molecule has 3 rings (SSSR count). The van der Waals surface area contributed by atoms with Crippen LogP contribution in [-0.2, 0) is 11.0 Å². The Hall–Kier alpha value is -1.22. The zero-order valence-electron chi connectivity index (χ0n) is 15.3. The number of anilines is 1. The molecule has 164 valence electrons. The molecule has 1 unspecified atom stereocenters. The summed E-state index contributed by atoms with van der Waals surface area (Å²) in [7, 11) is 0. The summed E-state index contributed by atoms with van der Waals surface area (Å²) >= 11 is 23.1. The van der Waals surface area contributed by atoms with Crippen molar-refractivity contribution in [2.45, 2.75) is 53.6 Å². The second-order valence-electron chi connectivity index (χ2n) is 6.96. The second-order valence-corrected chi connectivity index (χ2v) is 9.75. The average Bonchev–Trinajstić information content (AvgIpc) is 2.91. The van der Waals surface area contributed by atoms with E-state index in [-0.39, 0.29) is 11.7 Å². The zero-order chi connectivity index (χ0) is 22.3. The van der Waals surface area contributed by atoms with Gasteiger partial charge < -0.3 is 0 Å². The molecule has 1 saturated carbocycles. The Morgan fingerprint density at radius 2 is 1.70 bits per heavy atom. The number of rotatable bonds is 3. The summed E-state index contributed by atoms with van der Waals surface area (Å²) in [6.45, 7) is 0. The Bertz CT molecular complexity index is 867. The molecule has 0 N–H and O–H groups in total. The Balaban J connectivity index is 2.08. The maximum Gasteiger partial charge on any atom is 0.416 e. The lowest BCUT2D eigenvalue weighted by Gasteiger charge is -2.28. The number of hydrogen-bond donors (Lipinski definition) is 0. The number of amidine groups is 1. The van der Waals surface area contributed by atoms with E-state index in [0.717, 1.165) is 47.3 Å². The maximum atomic E-state index is 13.2. The molecule has 1 aliphatic heterocycles. The molecule has 12 heteroatoms. The van der Waals surface area contributed by atoms with E-state index in [2.05, 4.69) is 4.99 Å². The van der Waals surface area contributed by atoms with Crippen molar-refractivity contribution in [3.05, 3.63) is 29.8 Å². The Kier molecular flexibility index (Phi) is 6.82. The molecule has 2 aliphatic rings. The first kappa shape index (κ1) is 23.4. The van der Waals surface area contributed by atoms with E-state index in [9.17, 15) is 22.8 Å². The fraction of sp³-hybridized carbons (Fsp3) is 0.500. The molecular formula is C18H16Cl4F3N3O2. The van der Waals surface area contributed by atoms with Gasteiger partial charge in [-0.2, -0.15) is 13.2 Å². The first-order chi connectivity index (χ1) is 13.9. The van der Waals surface area contributed by atoms with E-state index < -0.39 is 38.8 Å². The van der Waals surface area contributed by atoms with E-state index in [1.54, 1.807) is 0 Å². The molecule has 0 bridgehead atoms. The van der Waals surface area contributed by atoms with Crippen molar-refractivity contribution in [1.29, 1.82) is 0 Å². The SMILES string of the molecule is O=C1/C(=N/C(Cl)C(Cl)(Cl)Cl)N(c2cccc(C(F)(F)F)c2)C(=O)N1C1CCCCC1. The van der Waals surface area contributed by atoms with Gasteiger partial charge in [-0.25, -0.2) is 14.7 Å². The van der Waals surface area contributed by atoms with Gasteiger partial charge in [0, 0.05) is 6.04 Å². The minimum atomic E-state index is -4.64. The van der Waals surface area contributed by atoms with Gasteiger partial charge in [0.15, 0.2) is 5.50 Å². The molecule has 5 nitrogen and oxygen atoms in total. The molecule has 2 fully saturated rings. The Morgan fingerprint density at radius 3 is 2.27 bits per heavy atom. The predicted molar refractivity (Wildman–Crippen MR) is 110 cm³/mol. The van der Waals surface area contributed by atoms with Gasteiger partial charge in [0.05, 0.1) is 11.3 Å². The van der Waals surface area contributed by atoms with Crippen molar-refractivity contribution in [2.75, 3.05) is 4.90 Å². The van der Waals surface area contributed by atoms with Crippen LogP contribution in [0.25, 0.3) is 0 Å². The third kappa shape index (κ3) is 4.82. The summed E-state index contributed by atoms with van der Waals surface area (Å²) in [5.74, 6) is -1.28. The van der Waals surface area contributed by atoms with Crippen molar-refractivity contribution < 1.29 is 22.8 Å². The van der Waals surface area contributed by atoms with E-state index in [0.29, 0.717) is 12.8 Å². The topological polar surface area (TPSA) is 53.0 Å². The summed E-state index contributed by atoms with van der Waals surface area (Å²) in [4.78, 5) is 31.9. The Labute approximate surface area is 190 Å². The largest absolute Gasteiger partial charge is 0.416 e. The van der Waals surface area contributed by atoms with E-state index in [1.807, 2.05) is 0 Å². The zero-order valence-corrected chi connectivity index (χ0v) is 18.3. The normalized spacial score (nSPS) is 21.6. The molecule has 1 aliphatic carbocycles. The van der Waals surface area contributed by atoms with Crippen LogP contribution < -0.4 is 4.90 Å². The fourth-order valence-corrected chi connectivity index (χ4v) is 3.74. The van der Waals surface area contributed by atoms with Gasteiger partial charge in [-0.05, 0) is 31.0 Å². The van der Waals surface area contributed by atoms with Crippen LogP contribution in [0.3, 0.4) is 0 Å². The standard InChI is InChI=1S/C18H16Cl4F3N3O2/c19-15(17(20,21)22)26-13-14(29)28(11-6-2-1-3-7-11)16(30)27(13)12-8-4-5-10(9-12)18(23,24)25/h4-5,8-9,11,15H,1-3,6-7H2/b26-13-. The fourth-order valence-electron chi connectivity index (χ4n) is 3.50. The van der Waals surface area contributed by atoms with E-state index >= 15 is 0 Å². The number of nitrogens with zero attached hydrogens (tertiary/aromatic N) is 3. The summed E-state index contributed by atoms with van der Waals surface area (Å²) in [6, 6.07) is 2.80. The van der Waals surface area contributed by atoms with Crippen molar-refractivity contribution in [3.63, 3.8) is 0 Å². The number of carbonyl (C=O) groups excluding carboxylic acids is 2. The summed E-state index contributed by atoms with van der Waals surface area (Å²) in [5, 5.41) is 0. The number of aliphatic imine (C=N–C) groups is 1. The van der Waals surface area contributed by atoms with Crippen molar-refractivity contribution in [1.82, 2.24) is 4.90 Å². The summed E-state index contributed by atoms with van der Waals surface area (Å²) in [6.07, 6.45) is -0.836. The molecule has 1 saturated heterocycles. The molecule has 1 atom stereocenters. The molecule has 30 heavy (non-hydrogen) atoms. The number of amides is 3. The molecule has 3 amide bonds. The number of halogens is 7. The molecule has 0 aromatic heterocycles. The summed E-state index contributed by atoms with van der Waals surface area (Å²) in [5.41, 5.74) is -2.72. The quantitative estimate of drug-likeness (QED) is 0.282. The highest BCUT2D eigenvalue weighted by Gasteiger charge is 2.48. The van der Waals surface area contributed by atoms with Crippen LogP contribution in [0, 0.1) is 0 Å². The summed E-state index contributed by atoms with van der Waals surface area (Å²) < 4.78 is 37.4. The third-order valence-electron chi connectivity index (χ3n) is 4.90. The number of benzene rings is 1. The minimum absolute atomic E-state index is 0.187. The van der Waals surface area contributed by atoms with Crippen LogP contribution in [0.5, 0.6) is 0 Å². The van der Waals surface area contributed by atoms with E-state index in [1.165, 1.54) is 6.07 Å². The maximum absolute atomic E-state index is 13.2. The van der Waals surface area contributed by atoms with Gasteiger partial charge in [0.25, 0.3) is 5.91 Å². The van der Waals surface area contributed by atoms with Crippen LogP contribution in [0.2, 0.25) is 0 Å². The van der Waals surface area contributed by atoms with Gasteiger partial charge in [-0.3, -0.25) is 9.69 Å². The van der Waals surface area contributed by atoms with Gasteiger partial charge in [0.1, 0.15) is 0 Å². The van der Waals surface area contributed by atoms with Crippen molar-refractivity contribution >= 4 is 69.9 Å². The highest BCUT2D eigenvalue weighted by molar-refractivity contribution is 6.70. The number of carbonyl (C=O) groups is 2. The number of alkyl halides is 7. The highest BCUT2D eigenvalue weighted by atomic mass is 35.6. The van der Waals surface area contributed by atoms with Crippen LogP contribution in [0.15, 0.2) is 29.3 Å². The van der Waals surface area contributed by atoms with Crippen LogP contribution >= 0.6 is 46.4 Å². The molecule has 1 heterocycles. The first-order valence-electron chi connectivity index (χ1n) is 9.04. The van der Waals surface area contributed by atoms with Crippen molar-refractivity contribution in [2.24, 2.45) is 4.99 Å².